The van der Waals surface area contributed by atoms with Gasteiger partial charge in [-0.15, -0.1) is 0 Å². The van der Waals surface area contributed by atoms with Gasteiger partial charge in [-0.3, -0.25) is 9.59 Å². The molecule has 0 radical (unpaired) electrons. The Balaban J connectivity index is 2.07. The molecular formula is C20H30N2O3. The van der Waals surface area contributed by atoms with Crippen LogP contribution in [0.15, 0.2) is 18.2 Å². The van der Waals surface area contributed by atoms with Gasteiger partial charge < -0.3 is 15.0 Å². The Morgan fingerprint density at radius 2 is 1.92 bits per heavy atom. The van der Waals surface area contributed by atoms with Crippen molar-refractivity contribution in [2.75, 3.05) is 32.1 Å². The summed E-state index contributed by atoms with van der Waals surface area (Å²) in [5.41, 5.74) is 2.31. The number of aryl methyl sites for hydroxylation is 1. The Morgan fingerprint density at radius 1 is 1.24 bits per heavy atom. The van der Waals surface area contributed by atoms with Crippen molar-refractivity contribution < 1.29 is 14.3 Å². The summed E-state index contributed by atoms with van der Waals surface area (Å²) >= 11 is 0. The van der Waals surface area contributed by atoms with Crippen LogP contribution in [0.5, 0.6) is 0 Å². The van der Waals surface area contributed by atoms with E-state index in [1.807, 2.05) is 24.0 Å². The second kappa shape index (κ2) is 8.99. The molecule has 2 atom stereocenters. The lowest BCUT2D eigenvalue weighted by Gasteiger charge is -2.35. The van der Waals surface area contributed by atoms with Gasteiger partial charge in [-0.1, -0.05) is 19.9 Å². The molecule has 0 saturated carbocycles. The minimum absolute atomic E-state index is 0.0493. The topological polar surface area (TPSA) is 58.6 Å². The van der Waals surface area contributed by atoms with Gasteiger partial charge in [0.25, 0.3) is 5.91 Å². The second-order valence-corrected chi connectivity index (χ2v) is 7.33. The molecule has 1 aliphatic rings. The average Bonchev–Trinajstić information content (AvgIpc) is 2.55. The quantitative estimate of drug-likeness (QED) is 0.802. The molecule has 0 aliphatic carbocycles. The van der Waals surface area contributed by atoms with Crippen LogP contribution in [0.25, 0.3) is 0 Å². The molecule has 138 valence electrons. The summed E-state index contributed by atoms with van der Waals surface area (Å²) in [7, 11) is 1.62. The van der Waals surface area contributed by atoms with Crippen LogP contribution in [0.4, 0.5) is 5.69 Å². The lowest BCUT2D eigenvalue weighted by Crippen LogP contribution is -2.42. The molecule has 2 unspecified atom stereocenters. The Labute approximate surface area is 150 Å². The van der Waals surface area contributed by atoms with E-state index in [-0.39, 0.29) is 11.8 Å². The number of carbonyl (C=O) groups excluding carboxylic acids is 2. The lowest BCUT2D eigenvalue weighted by molar-refractivity contribution is -0.116. The first-order chi connectivity index (χ1) is 11.9. The Morgan fingerprint density at radius 3 is 2.56 bits per heavy atom. The number of ether oxygens (including phenoxy) is 1. The van der Waals surface area contributed by atoms with E-state index in [4.69, 9.17) is 4.74 Å². The van der Waals surface area contributed by atoms with Crippen molar-refractivity contribution in [1.29, 1.82) is 0 Å². The highest BCUT2D eigenvalue weighted by atomic mass is 16.5. The van der Waals surface area contributed by atoms with Crippen molar-refractivity contribution in [2.24, 2.45) is 11.8 Å². The van der Waals surface area contributed by atoms with Crippen molar-refractivity contribution in [1.82, 2.24) is 4.90 Å². The molecule has 0 aromatic heterocycles. The van der Waals surface area contributed by atoms with Crippen molar-refractivity contribution in [3.63, 3.8) is 0 Å². The molecule has 1 saturated heterocycles. The first-order valence-electron chi connectivity index (χ1n) is 9.09. The summed E-state index contributed by atoms with van der Waals surface area (Å²) in [6.45, 7) is 8.49. The summed E-state index contributed by atoms with van der Waals surface area (Å²) in [6.07, 6.45) is 2.26. The lowest BCUT2D eigenvalue weighted by atomic mass is 9.91. The molecule has 1 heterocycles. The van der Waals surface area contributed by atoms with Crippen molar-refractivity contribution >= 4 is 17.5 Å². The number of carbonyl (C=O) groups is 2. The van der Waals surface area contributed by atoms with Gasteiger partial charge in [0.2, 0.25) is 5.91 Å². The largest absolute Gasteiger partial charge is 0.385 e. The van der Waals surface area contributed by atoms with Crippen LogP contribution in [-0.2, 0) is 9.53 Å². The van der Waals surface area contributed by atoms with Crippen molar-refractivity contribution in [3.8, 4) is 0 Å². The molecule has 1 aliphatic heterocycles. The Bertz CT molecular complexity index is 605. The van der Waals surface area contributed by atoms with Gasteiger partial charge in [-0.2, -0.15) is 0 Å². The summed E-state index contributed by atoms with van der Waals surface area (Å²) in [5, 5.41) is 2.92. The summed E-state index contributed by atoms with van der Waals surface area (Å²) in [5.74, 6) is 1.05. The fourth-order valence-electron chi connectivity index (χ4n) is 3.49. The number of amides is 2. The van der Waals surface area contributed by atoms with E-state index in [0.29, 0.717) is 42.5 Å². The zero-order chi connectivity index (χ0) is 18.4. The van der Waals surface area contributed by atoms with E-state index in [9.17, 15) is 9.59 Å². The minimum Gasteiger partial charge on any atom is -0.385 e. The third-order valence-corrected chi connectivity index (χ3v) is 4.67. The van der Waals surface area contributed by atoms with E-state index in [0.717, 1.165) is 18.7 Å². The van der Waals surface area contributed by atoms with Gasteiger partial charge >= 0.3 is 0 Å². The standard InChI is InChI=1S/C20H30N2O3/c1-14-10-15(2)13-22(12-14)20(24)17-8-7-16(3)18(11-17)21-19(23)6-5-9-25-4/h7-8,11,14-15H,5-6,9-10,12-13H2,1-4H3,(H,21,23). The molecule has 1 fully saturated rings. The van der Waals surface area contributed by atoms with Crippen LogP contribution >= 0.6 is 0 Å². The van der Waals surface area contributed by atoms with Crippen LogP contribution in [0, 0.1) is 18.8 Å². The molecule has 0 bridgehead atoms. The van der Waals surface area contributed by atoms with Gasteiger partial charge in [-0.25, -0.2) is 0 Å². The van der Waals surface area contributed by atoms with E-state index in [2.05, 4.69) is 19.2 Å². The van der Waals surface area contributed by atoms with Crippen LogP contribution in [0.2, 0.25) is 0 Å². The van der Waals surface area contributed by atoms with Gasteiger partial charge in [0, 0.05) is 44.5 Å². The smallest absolute Gasteiger partial charge is 0.253 e. The number of hydrogen-bond acceptors (Lipinski definition) is 3. The monoisotopic (exact) mass is 346 g/mol. The SMILES string of the molecule is COCCCC(=O)Nc1cc(C(=O)N2CC(C)CC(C)C2)ccc1C. The predicted molar refractivity (Wildman–Crippen MR) is 99.8 cm³/mol. The number of benzene rings is 1. The number of nitrogens with one attached hydrogen (secondary N) is 1. The molecule has 5 heteroatoms. The highest BCUT2D eigenvalue weighted by Gasteiger charge is 2.26. The number of anilines is 1. The summed E-state index contributed by atoms with van der Waals surface area (Å²) < 4.78 is 4.97. The third kappa shape index (κ3) is 5.56. The summed E-state index contributed by atoms with van der Waals surface area (Å²) in [6, 6.07) is 5.55. The molecule has 0 spiro atoms. The molecule has 1 N–H and O–H groups in total. The maximum Gasteiger partial charge on any atom is 0.253 e. The minimum atomic E-state index is -0.0510. The zero-order valence-electron chi connectivity index (χ0n) is 15.8. The van der Waals surface area contributed by atoms with E-state index < -0.39 is 0 Å². The van der Waals surface area contributed by atoms with Crippen LogP contribution in [0.3, 0.4) is 0 Å². The van der Waals surface area contributed by atoms with Crippen LogP contribution in [0.1, 0.15) is 49.0 Å². The maximum absolute atomic E-state index is 12.8. The molecule has 2 amide bonds. The summed E-state index contributed by atoms with van der Waals surface area (Å²) in [4.78, 5) is 26.8. The van der Waals surface area contributed by atoms with Crippen LogP contribution < -0.4 is 5.32 Å². The van der Waals surface area contributed by atoms with Gasteiger partial charge in [0.15, 0.2) is 0 Å². The number of rotatable bonds is 6. The second-order valence-electron chi connectivity index (χ2n) is 7.33. The molecule has 25 heavy (non-hydrogen) atoms. The van der Waals surface area contributed by atoms with Gasteiger partial charge in [-0.05, 0) is 49.3 Å². The molecular weight excluding hydrogens is 316 g/mol. The van der Waals surface area contributed by atoms with Gasteiger partial charge in [0.1, 0.15) is 0 Å². The number of hydrogen-bond donors (Lipinski definition) is 1. The molecule has 1 aromatic rings. The Hall–Kier alpha value is -1.88. The van der Waals surface area contributed by atoms with Crippen molar-refractivity contribution in [3.05, 3.63) is 29.3 Å². The number of likely N-dealkylation sites (tertiary alicyclic amines) is 1. The van der Waals surface area contributed by atoms with E-state index >= 15 is 0 Å². The zero-order valence-corrected chi connectivity index (χ0v) is 15.8. The van der Waals surface area contributed by atoms with E-state index in [1.54, 1.807) is 13.2 Å². The fraction of sp³-hybridized carbons (Fsp3) is 0.600. The highest BCUT2D eigenvalue weighted by Crippen LogP contribution is 2.24. The Kier molecular flexibility index (Phi) is 7.00. The normalized spacial score (nSPS) is 20.4. The van der Waals surface area contributed by atoms with E-state index in [1.165, 1.54) is 6.42 Å². The average molecular weight is 346 g/mol. The molecule has 1 aromatic carbocycles. The molecule has 2 rings (SSSR count). The van der Waals surface area contributed by atoms with Gasteiger partial charge in [0.05, 0.1) is 0 Å². The predicted octanol–water partition coefficient (Wildman–Crippen LogP) is 3.48. The maximum atomic E-state index is 12.8. The number of methoxy groups -OCH3 is 1. The first kappa shape index (κ1) is 19.4. The fourth-order valence-corrected chi connectivity index (χ4v) is 3.49. The third-order valence-electron chi connectivity index (χ3n) is 4.67. The number of piperidine rings is 1. The first-order valence-corrected chi connectivity index (χ1v) is 9.09. The van der Waals surface area contributed by atoms with Crippen LogP contribution in [-0.4, -0.2) is 43.5 Å². The number of nitrogens with zero attached hydrogens (tertiary/aromatic N) is 1. The van der Waals surface area contributed by atoms with Crippen molar-refractivity contribution in [2.45, 2.75) is 40.0 Å². The molecule has 5 nitrogen and oxygen atoms in total. The highest BCUT2D eigenvalue weighted by molar-refractivity contribution is 5.97.